The average Bonchev–Trinajstić information content (AvgIpc) is 2.87. The summed E-state index contributed by atoms with van der Waals surface area (Å²) < 4.78 is 45.5. The molecule has 0 spiro atoms. The molecule has 20 heavy (non-hydrogen) atoms. The van der Waals surface area contributed by atoms with Crippen molar-refractivity contribution in [1.82, 2.24) is 9.71 Å². The number of halogens is 1. The molecule has 2 aromatic rings. The smallest absolute Gasteiger partial charge is 0.254 e. The van der Waals surface area contributed by atoms with Gasteiger partial charge in [-0.2, -0.15) is 0 Å². The molecular formula is C12H13FN2O3S2. The Morgan fingerprint density at radius 2 is 2.20 bits per heavy atom. The summed E-state index contributed by atoms with van der Waals surface area (Å²) in [6, 6.07) is 3.46. The van der Waals surface area contributed by atoms with E-state index < -0.39 is 21.9 Å². The van der Waals surface area contributed by atoms with Crippen LogP contribution in [0.25, 0.3) is 0 Å². The van der Waals surface area contributed by atoms with Crippen molar-refractivity contribution in [3.8, 4) is 5.75 Å². The van der Waals surface area contributed by atoms with Gasteiger partial charge in [0.2, 0.25) is 0 Å². The minimum absolute atomic E-state index is 0.0478. The Morgan fingerprint density at radius 3 is 2.85 bits per heavy atom. The van der Waals surface area contributed by atoms with E-state index in [1.54, 1.807) is 11.4 Å². The fraction of sp³-hybridized carbons (Fsp3) is 0.250. The lowest BCUT2D eigenvalue weighted by Gasteiger charge is -2.14. The van der Waals surface area contributed by atoms with E-state index >= 15 is 0 Å². The number of aromatic nitrogens is 1. The van der Waals surface area contributed by atoms with Crippen molar-refractivity contribution < 1.29 is 17.5 Å². The van der Waals surface area contributed by atoms with Crippen LogP contribution in [-0.4, -0.2) is 20.5 Å². The summed E-state index contributed by atoms with van der Waals surface area (Å²) in [6.45, 7) is 1.53. The number of hydrogen-bond acceptors (Lipinski definition) is 5. The summed E-state index contributed by atoms with van der Waals surface area (Å²) in [6.07, 6.45) is 1.41. The molecular weight excluding hydrogens is 303 g/mol. The quantitative estimate of drug-likeness (QED) is 0.919. The van der Waals surface area contributed by atoms with Gasteiger partial charge in [-0.05, 0) is 30.5 Å². The third-order valence-electron chi connectivity index (χ3n) is 2.59. The van der Waals surface area contributed by atoms with E-state index in [1.165, 1.54) is 32.4 Å². The summed E-state index contributed by atoms with van der Waals surface area (Å²) in [5, 5.41) is 1.61. The van der Waals surface area contributed by atoms with E-state index in [9.17, 15) is 12.8 Å². The zero-order valence-electron chi connectivity index (χ0n) is 10.8. The lowest BCUT2D eigenvalue weighted by atomic mass is 10.2. The van der Waals surface area contributed by atoms with Gasteiger partial charge in [0.15, 0.2) is 4.21 Å². The SMILES string of the molecule is COc1ccsc1S(=O)(=O)N[C@@H](C)c1ncccc1F. The Balaban J connectivity index is 2.27. The van der Waals surface area contributed by atoms with E-state index in [0.717, 1.165) is 11.3 Å². The van der Waals surface area contributed by atoms with E-state index in [1.807, 2.05) is 0 Å². The van der Waals surface area contributed by atoms with Gasteiger partial charge in [-0.3, -0.25) is 4.98 Å². The Bertz CT molecular complexity index is 700. The van der Waals surface area contributed by atoms with Crippen molar-refractivity contribution in [2.45, 2.75) is 17.2 Å². The van der Waals surface area contributed by atoms with Gasteiger partial charge in [0.25, 0.3) is 10.0 Å². The molecule has 0 fully saturated rings. The van der Waals surface area contributed by atoms with Crippen LogP contribution in [0.3, 0.4) is 0 Å². The number of methoxy groups -OCH3 is 1. The average molecular weight is 316 g/mol. The first-order chi connectivity index (χ1) is 9.45. The summed E-state index contributed by atoms with van der Waals surface area (Å²) in [4.78, 5) is 3.86. The van der Waals surface area contributed by atoms with E-state index in [4.69, 9.17) is 4.74 Å². The number of ether oxygens (including phenoxy) is 1. The van der Waals surface area contributed by atoms with Gasteiger partial charge < -0.3 is 4.74 Å². The molecule has 0 bridgehead atoms. The van der Waals surface area contributed by atoms with Crippen molar-refractivity contribution >= 4 is 21.4 Å². The zero-order chi connectivity index (χ0) is 14.8. The summed E-state index contributed by atoms with van der Waals surface area (Å²) in [7, 11) is -2.40. The molecule has 1 N–H and O–H groups in total. The van der Waals surface area contributed by atoms with Gasteiger partial charge >= 0.3 is 0 Å². The van der Waals surface area contributed by atoms with Crippen molar-refractivity contribution in [2.75, 3.05) is 7.11 Å². The van der Waals surface area contributed by atoms with Crippen molar-refractivity contribution in [1.29, 1.82) is 0 Å². The molecule has 0 amide bonds. The molecule has 2 rings (SSSR count). The zero-order valence-corrected chi connectivity index (χ0v) is 12.5. The number of pyridine rings is 1. The first-order valence-corrected chi connectivity index (χ1v) is 8.06. The fourth-order valence-electron chi connectivity index (χ4n) is 1.69. The lowest BCUT2D eigenvalue weighted by molar-refractivity contribution is 0.406. The Kier molecular flexibility index (Phi) is 4.36. The molecule has 0 radical (unpaired) electrons. The number of thiophene rings is 1. The molecule has 0 aromatic carbocycles. The van der Waals surface area contributed by atoms with Gasteiger partial charge in [-0.25, -0.2) is 17.5 Å². The van der Waals surface area contributed by atoms with E-state index in [2.05, 4.69) is 9.71 Å². The van der Waals surface area contributed by atoms with Crippen LogP contribution in [-0.2, 0) is 10.0 Å². The second-order valence-electron chi connectivity index (χ2n) is 3.99. The number of sulfonamides is 1. The van der Waals surface area contributed by atoms with Crippen molar-refractivity contribution in [2.24, 2.45) is 0 Å². The van der Waals surface area contributed by atoms with Gasteiger partial charge in [0, 0.05) is 6.20 Å². The highest BCUT2D eigenvalue weighted by Crippen LogP contribution is 2.30. The fourth-order valence-corrected chi connectivity index (χ4v) is 4.19. The number of nitrogens with zero attached hydrogens (tertiary/aromatic N) is 1. The van der Waals surface area contributed by atoms with Crippen LogP contribution in [0.2, 0.25) is 0 Å². The Morgan fingerprint density at radius 1 is 1.45 bits per heavy atom. The van der Waals surface area contributed by atoms with Crippen LogP contribution in [0.4, 0.5) is 4.39 Å². The highest BCUT2D eigenvalue weighted by Gasteiger charge is 2.25. The van der Waals surface area contributed by atoms with Crippen LogP contribution in [0.1, 0.15) is 18.7 Å². The number of rotatable bonds is 5. The summed E-state index contributed by atoms with van der Waals surface area (Å²) in [5.74, 6) is -0.294. The van der Waals surface area contributed by atoms with Gasteiger partial charge in [0.1, 0.15) is 11.6 Å². The first kappa shape index (κ1) is 14.9. The third-order valence-corrected chi connectivity index (χ3v) is 5.58. The highest BCUT2D eigenvalue weighted by atomic mass is 32.2. The van der Waals surface area contributed by atoms with Crippen LogP contribution in [0, 0.1) is 5.82 Å². The minimum atomic E-state index is -3.79. The monoisotopic (exact) mass is 316 g/mol. The van der Waals surface area contributed by atoms with Crippen molar-refractivity contribution in [3.05, 3.63) is 41.3 Å². The summed E-state index contributed by atoms with van der Waals surface area (Å²) >= 11 is 1.03. The third kappa shape index (κ3) is 2.97. The first-order valence-electron chi connectivity index (χ1n) is 5.70. The van der Waals surface area contributed by atoms with Crippen LogP contribution < -0.4 is 9.46 Å². The molecule has 0 aliphatic carbocycles. The van der Waals surface area contributed by atoms with E-state index in [-0.39, 0.29) is 15.7 Å². The Hall–Kier alpha value is -1.51. The molecule has 0 saturated carbocycles. The molecule has 8 heteroatoms. The second kappa shape index (κ2) is 5.86. The topological polar surface area (TPSA) is 68.3 Å². The van der Waals surface area contributed by atoms with Crippen LogP contribution in [0.5, 0.6) is 5.75 Å². The largest absolute Gasteiger partial charge is 0.494 e. The van der Waals surface area contributed by atoms with Crippen LogP contribution >= 0.6 is 11.3 Å². The maximum Gasteiger partial charge on any atom is 0.254 e. The van der Waals surface area contributed by atoms with Gasteiger partial charge in [-0.1, -0.05) is 0 Å². The standard InChI is InChI=1S/C12H13FN2O3S2/c1-8(11-9(13)4-3-6-14-11)15-20(16,17)12-10(18-2)5-7-19-12/h3-8,15H,1-2H3/t8-/m0/s1. The molecule has 2 heterocycles. The second-order valence-corrected chi connectivity index (χ2v) is 6.82. The highest BCUT2D eigenvalue weighted by molar-refractivity contribution is 7.91. The molecule has 0 aliphatic heterocycles. The predicted octanol–water partition coefficient (Wildman–Crippen LogP) is 2.33. The van der Waals surface area contributed by atoms with Crippen LogP contribution in [0.15, 0.2) is 34.0 Å². The minimum Gasteiger partial charge on any atom is -0.494 e. The van der Waals surface area contributed by atoms with E-state index in [0.29, 0.717) is 0 Å². The lowest BCUT2D eigenvalue weighted by Crippen LogP contribution is -2.27. The number of nitrogens with one attached hydrogen (secondary N) is 1. The molecule has 108 valence electrons. The normalized spacial score (nSPS) is 13.2. The molecule has 2 aromatic heterocycles. The maximum absolute atomic E-state index is 13.6. The van der Waals surface area contributed by atoms with Gasteiger partial charge in [-0.15, -0.1) is 11.3 Å². The van der Waals surface area contributed by atoms with Crippen molar-refractivity contribution in [3.63, 3.8) is 0 Å². The molecule has 5 nitrogen and oxygen atoms in total. The predicted molar refractivity (Wildman–Crippen MR) is 73.8 cm³/mol. The van der Waals surface area contributed by atoms with Gasteiger partial charge in [0.05, 0.1) is 18.8 Å². The molecule has 0 unspecified atom stereocenters. The molecule has 1 atom stereocenters. The molecule has 0 aliphatic rings. The Labute approximate surface area is 120 Å². The summed E-state index contributed by atoms with van der Waals surface area (Å²) in [5.41, 5.74) is 0.0478. The number of hydrogen-bond donors (Lipinski definition) is 1. The maximum atomic E-state index is 13.6. The molecule has 0 saturated heterocycles.